The molecule has 0 spiro atoms. The number of anilines is 6. The maximum atomic E-state index is 2.31. The van der Waals surface area contributed by atoms with Crippen LogP contribution in [-0.4, -0.2) is 0 Å². The van der Waals surface area contributed by atoms with E-state index in [0.717, 1.165) is 45.3 Å². The maximum absolute atomic E-state index is 2.31. The van der Waals surface area contributed by atoms with E-state index in [9.17, 15) is 0 Å². The zero-order chi connectivity index (χ0) is 38.4. The lowest BCUT2D eigenvalue weighted by Gasteiger charge is -2.26. The monoisotopic (exact) mass is 722 g/mol. The van der Waals surface area contributed by atoms with E-state index in [0.29, 0.717) is 0 Å². The zero-order valence-corrected chi connectivity index (χ0v) is 32.5. The van der Waals surface area contributed by atoms with E-state index in [4.69, 9.17) is 0 Å². The van der Waals surface area contributed by atoms with Crippen LogP contribution in [0.25, 0.3) is 35.1 Å². The van der Waals surface area contributed by atoms with Gasteiger partial charge in [0.15, 0.2) is 0 Å². The van der Waals surface area contributed by atoms with Gasteiger partial charge in [0, 0.05) is 34.1 Å². The van der Waals surface area contributed by atoms with E-state index in [1.165, 1.54) is 44.2 Å². The van der Waals surface area contributed by atoms with Gasteiger partial charge in [0.1, 0.15) is 0 Å². The molecule has 0 fully saturated rings. The van der Waals surface area contributed by atoms with Crippen molar-refractivity contribution in [3.8, 4) is 0 Å². The van der Waals surface area contributed by atoms with Gasteiger partial charge in [0.2, 0.25) is 0 Å². The number of nitrogens with zero attached hydrogens (tertiary/aromatic N) is 2. The highest BCUT2D eigenvalue weighted by atomic mass is 15.1. The van der Waals surface area contributed by atoms with Crippen LogP contribution in [0.3, 0.4) is 0 Å². The molecule has 0 radical (unpaired) electrons. The fourth-order valence-corrected chi connectivity index (χ4v) is 7.15. The summed E-state index contributed by atoms with van der Waals surface area (Å²) >= 11 is 0. The lowest BCUT2D eigenvalue weighted by molar-refractivity contribution is 1.27. The lowest BCUT2D eigenvalue weighted by Crippen LogP contribution is -2.09. The molecule has 2 nitrogen and oxygen atoms in total. The van der Waals surface area contributed by atoms with Crippen LogP contribution in [0.4, 0.5) is 34.1 Å². The molecule has 0 aliphatic rings. The minimum Gasteiger partial charge on any atom is -0.311 e. The number of fused-ring (bicyclic) bond motifs is 1. The first-order valence-electron chi connectivity index (χ1n) is 19.3. The van der Waals surface area contributed by atoms with Crippen LogP contribution in [-0.2, 0) is 0 Å². The van der Waals surface area contributed by atoms with E-state index in [1.807, 2.05) is 0 Å². The Kier molecular flexibility index (Phi) is 10.5. The average Bonchev–Trinajstić information content (AvgIpc) is 3.23. The van der Waals surface area contributed by atoms with E-state index < -0.39 is 0 Å². The van der Waals surface area contributed by atoms with Gasteiger partial charge in [-0.05, 0) is 134 Å². The zero-order valence-electron chi connectivity index (χ0n) is 32.5. The minimum atomic E-state index is 1.13. The van der Waals surface area contributed by atoms with Crippen molar-refractivity contribution in [2.45, 2.75) is 27.7 Å². The number of hydrogen-bond donors (Lipinski definition) is 0. The Morgan fingerprint density at radius 1 is 0.268 bits per heavy atom. The van der Waals surface area contributed by atoms with Crippen LogP contribution in [0.15, 0.2) is 182 Å². The van der Waals surface area contributed by atoms with Gasteiger partial charge in [-0.2, -0.15) is 0 Å². The Balaban J connectivity index is 1.02. The van der Waals surface area contributed by atoms with Crippen molar-refractivity contribution < 1.29 is 0 Å². The quantitative estimate of drug-likeness (QED) is 0.130. The second kappa shape index (κ2) is 16.2. The molecule has 0 saturated carbocycles. The molecule has 8 rings (SSSR count). The first-order valence-corrected chi connectivity index (χ1v) is 19.3. The van der Waals surface area contributed by atoms with Crippen LogP contribution in [0.2, 0.25) is 0 Å². The van der Waals surface area contributed by atoms with Gasteiger partial charge in [-0.25, -0.2) is 0 Å². The number of benzene rings is 8. The van der Waals surface area contributed by atoms with Crippen molar-refractivity contribution in [1.29, 1.82) is 0 Å². The smallest absolute Gasteiger partial charge is 0.0462 e. The van der Waals surface area contributed by atoms with Gasteiger partial charge >= 0.3 is 0 Å². The Labute approximate surface area is 332 Å². The normalized spacial score (nSPS) is 11.4. The summed E-state index contributed by atoms with van der Waals surface area (Å²) in [5.74, 6) is 0. The molecule has 2 heteroatoms. The molecule has 0 unspecified atom stereocenters. The minimum absolute atomic E-state index is 1.13. The van der Waals surface area contributed by atoms with Gasteiger partial charge < -0.3 is 9.80 Å². The second-order valence-corrected chi connectivity index (χ2v) is 14.7. The molecular formula is C54H46N2. The largest absolute Gasteiger partial charge is 0.311 e. The highest BCUT2D eigenvalue weighted by Crippen LogP contribution is 2.37. The fraction of sp³-hybridized carbons (Fsp3) is 0.0741. The van der Waals surface area contributed by atoms with Crippen molar-refractivity contribution in [3.63, 3.8) is 0 Å². The van der Waals surface area contributed by atoms with Crippen molar-refractivity contribution >= 4 is 69.2 Å². The third kappa shape index (κ3) is 8.11. The van der Waals surface area contributed by atoms with Crippen LogP contribution in [0.1, 0.15) is 44.5 Å². The van der Waals surface area contributed by atoms with E-state index in [2.05, 4.69) is 244 Å². The summed E-state index contributed by atoms with van der Waals surface area (Å²) in [7, 11) is 0. The van der Waals surface area contributed by atoms with Crippen LogP contribution < -0.4 is 9.80 Å². The van der Waals surface area contributed by atoms with Crippen molar-refractivity contribution in [1.82, 2.24) is 0 Å². The molecule has 56 heavy (non-hydrogen) atoms. The van der Waals surface area contributed by atoms with E-state index >= 15 is 0 Å². The van der Waals surface area contributed by atoms with Gasteiger partial charge in [-0.1, -0.05) is 156 Å². The van der Waals surface area contributed by atoms with Gasteiger partial charge in [-0.15, -0.1) is 0 Å². The Morgan fingerprint density at radius 2 is 0.518 bits per heavy atom. The highest BCUT2D eigenvalue weighted by Gasteiger charge is 2.14. The Hall–Kier alpha value is -6.90. The molecule has 0 atom stereocenters. The van der Waals surface area contributed by atoms with Crippen molar-refractivity contribution in [2.75, 3.05) is 9.80 Å². The SMILES string of the molecule is Cc1ccc(N(c2ccc(C)cc2)c2ccc(/C=C/c3ccc(/C=C/c4ccc(N(c5ccc(C)cc5)c5ccc(C)cc5)cc4)c4ccccc34)cc2)cc1. The summed E-state index contributed by atoms with van der Waals surface area (Å²) < 4.78 is 0. The third-order valence-corrected chi connectivity index (χ3v) is 10.4. The van der Waals surface area contributed by atoms with E-state index in [1.54, 1.807) is 0 Å². The molecule has 0 aliphatic carbocycles. The molecule has 8 aromatic rings. The lowest BCUT2D eigenvalue weighted by atomic mass is 9.98. The average molecular weight is 723 g/mol. The van der Waals surface area contributed by atoms with Crippen LogP contribution in [0.5, 0.6) is 0 Å². The molecule has 0 aliphatic heterocycles. The van der Waals surface area contributed by atoms with Crippen LogP contribution >= 0.6 is 0 Å². The van der Waals surface area contributed by atoms with Crippen LogP contribution in [0, 0.1) is 27.7 Å². The molecule has 272 valence electrons. The number of aryl methyl sites for hydroxylation is 4. The predicted octanol–water partition coefficient (Wildman–Crippen LogP) is 15.4. The van der Waals surface area contributed by atoms with E-state index in [-0.39, 0.29) is 0 Å². The summed E-state index contributed by atoms with van der Waals surface area (Å²) in [6.45, 7) is 8.51. The Morgan fingerprint density at radius 3 is 0.786 bits per heavy atom. The maximum Gasteiger partial charge on any atom is 0.0462 e. The molecule has 0 amide bonds. The first-order chi connectivity index (χ1) is 27.4. The topological polar surface area (TPSA) is 6.48 Å². The van der Waals surface area contributed by atoms with Crippen molar-refractivity contribution in [2.24, 2.45) is 0 Å². The van der Waals surface area contributed by atoms with Gasteiger partial charge in [-0.3, -0.25) is 0 Å². The summed E-state index contributed by atoms with van der Waals surface area (Å²) in [6.07, 6.45) is 8.88. The molecule has 8 aromatic carbocycles. The molecule has 0 N–H and O–H groups in total. The first kappa shape index (κ1) is 36.1. The highest BCUT2D eigenvalue weighted by molar-refractivity contribution is 5.99. The number of rotatable bonds is 10. The summed E-state index contributed by atoms with van der Waals surface area (Å²) in [5.41, 5.74) is 16.5. The fourth-order valence-electron chi connectivity index (χ4n) is 7.15. The van der Waals surface area contributed by atoms with Gasteiger partial charge in [0.25, 0.3) is 0 Å². The standard InChI is InChI=1S/C54H46N2/c1-39-9-27-47(28-10-39)55(48-29-11-40(2)12-30-48)51-35-19-43(20-36-51)17-23-45-25-26-46(54-8-6-5-7-53(45)54)24-18-44-21-37-52(38-22-44)56(49-31-13-41(3)14-32-49)50-33-15-42(4)16-34-50/h5-38H,1-4H3/b23-17+,24-18+. The summed E-state index contributed by atoms with van der Waals surface area (Å²) in [4.78, 5) is 4.62. The summed E-state index contributed by atoms with van der Waals surface area (Å²) in [5, 5.41) is 2.46. The third-order valence-electron chi connectivity index (χ3n) is 10.4. The molecule has 0 heterocycles. The predicted molar refractivity (Wildman–Crippen MR) is 243 cm³/mol. The molecule has 0 aromatic heterocycles. The van der Waals surface area contributed by atoms with Crippen molar-refractivity contribution in [3.05, 3.63) is 226 Å². The number of hydrogen-bond acceptors (Lipinski definition) is 2. The van der Waals surface area contributed by atoms with Gasteiger partial charge in [0.05, 0.1) is 0 Å². The Bertz CT molecular complexity index is 2330. The molecule has 0 bridgehead atoms. The second-order valence-electron chi connectivity index (χ2n) is 14.7. The molecule has 0 saturated heterocycles. The molecular weight excluding hydrogens is 677 g/mol. The summed E-state index contributed by atoms with van der Waals surface area (Å²) in [6, 6.07) is 65.7.